The van der Waals surface area contributed by atoms with Crippen LogP contribution >= 0.6 is 39.7 Å². The van der Waals surface area contributed by atoms with Crippen molar-refractivity contribution >= 4 is 62.2 Å². The van der Waals surface area contributed by atoms with Gasteiger partial charge < -0.3 is 15.4 Å². The first-order chi connectivity index (χ1) is 13.0. The van der Waals surface area contributed by atoms with Crippen molar-refractivity contribution in [2.75, 3.05) is 10.6 Å². The Labute approximate surface area is 175 Å². The third-order valence-corrected chi connectivity index (χ3v) is 4.58. The largest absolute Gasteiger partial charge is 0.432 e. The molecule has 4 nitrogen and oxygen atoms in total. The quantitative estimate of drug-likeness (QED) is 0.459. The predicted octanol–water partition coefficient (Wildman–Crippen LogP) is 6.13. The highest BCUT2D eigenvalue weighted by atomic mass is 79.9. The molecule has 0 aliphatic carbocycles. The van der Waals surface area contributed by atoms with Crippen LogP contribution in [0.1, 0.15) is 10.4 Å². The van der Waals surface area contributed by atoms with Crippen molar-refractivity contribution in [1.29, 1.82) is 0 Å². The van der Waals surface area contributed by atoms with E-state index in [1.807, 2.05) is 24.3 Å². The van der Waals surface area contributed by atoms with Gasteiger partial charge in [-0.25, -0.2) is 0 Å². The average molecular weight is 462 g/mol. The van der Waals surface area contributed by atoms with E-state index in [2.05, 4.69) is 26.6 Å². The Bertz CT molecular complexity index is 962. The first kappa shape index (κ1) is 19.4. The molecule has 0 heterocycles. The van der Waals surface area contributed by atoms with Gasteiger partial charge in [-0.2, -0.15) is 0 Å². The molecular weight excluding hydrogens is 448 g/mol. The van der Waals surface area contributed by atoms with E-state index >= 15 is 0 Å². The number of ether oxygens (including phenoxy) is 1. The molecule has 0 aliphatic heterocycles. The van der Waals surface area contributed by atoms with Crippen molar-refractivity contribution in [2.45, 2.75) is 0 Å². The summed E-state index contributed by atoms with van der Waals surface area (Å²) in [5.74, 6) is 0.268. The average Bonchev–Trinajstić information content (AvgIpc) is 2.66. The van der Waals surface area contributed by atoms with E-state index in [0.29, 0.717) is 22.0 Å². The van der Waals surface area contributed by atoms with Gasteiger partial charge in [0.05, 0.1) is 10.7 Å². The molecule has 0 saturated carbocycles. The van der Waals surface area contributed by atoms with Gasteiger partial charge in [-0.15, -0.1) is 0 Å². The molecule has 3 aromatic rings. The fourth-order valence-corrected chi connectivity index (χ4v) is 2.88. The van der Waals surface area contributed by atoms with Crippen molar-refractivity contribution in [3.8, 4) is 5.75 Å². The number of hydrogen-bond acceptors (Lipinski definition) is 3. The van der Waals surface area contributed by atoms with Gasteiger partial charge in [0.2, 0.25) is 0 Å². The fourth-order valence-electron chi connectivity index (χ4n) is 2.22. The van der Waals surface area contributed by atoms with Crippen LogP contribution in [0.4, 0.5) is 11.4 Å². The normalized spacial score (nSPS) is 10.1. The Hall–Kier alpha value is -2.41. The molecule has 27 heavy (non-hydrogen) atoms. The van der Waals surface area contributed by atoms with Crippen molar-refractivity contribution in [1.82, 2.24) is 0 Å². The van der Waals surface area contributed by atoms with Crippen LogP contribution in [-0.2, 0) is 0 Å². The molecule has 0 radical (unpaired) electrons. The van der Waals surface area contributed by atoms with E-state index < -0.39 is 0 Å². The molecule has 136 valence electrons. The van der Waals surface area contributed by atoms with Gasteiger partial charge in [0.25, 0.3) is 11.1 Å². The summed E-state index contributed by atoms with van der Waals surface area (Å²) in [5.41, 5.74) is 1.86. The standard InChI is InChI=1S/C20H14BrClN2O2S/c21-14-7-9-15(10-8-14)23-20(27)26-16-11-5-13(6-12-16)19(25)24-18-4-2-1-3-17(18)22/h1-12H,(H,23,27)(H,24,25). The molecule has 0 spiro atoms. The number of carbonyl (C=O) groups is 1. The van der Waals surface area contributed by atoms with Crippen LogP contribution in [0, 0.1) is 0 Å². The van der Waals surface area contributed by atoms with Crippen molar-refractivity contribution < 1.29 is 9.53 Å². The molecule has 2 N–H and O–H groups in total. The van der Waals surface area contributed by atoms with Gasteiger partial charge in [0, 0.05) is 15.7 Å². The minimum atomic E-state index is -0.259. The zero-order valence-corrected chi connectivity index (χ0v) is 17.1. The number of rotatable bonds is 4. The molecule has 0 atom stereocenters. The summed E-state index contributed by atoms with van der Waals surface area (Å²) in [5, 5.41) is 6.45. The number of benzene rings is 3. The summed E-state index contributed by atoms with van der Waals surface area (Å²) < 4.78 is 6.55. The zero-order chi connectivity index (χ0) is 19.2. The highest BCUT2D eigenvalue weighted by molar-refractivity contribution is 9.10. The Kier molecular flexibility index (Phi) is 6.45. The molecule has 7 heteroatoms. The first-order valence-electron chi connectivity index (χ1n) is 7.91. The van der Waals surface area contributed by atoms with Crippen LogP contribution in [0.25, 0.3) is 0 Å². The maximum absolute atomic E-state index is 12.3. The van der Waals surface area contributed by atoms with E-state index in [-0.39, 0.29) is 11.1 Å². The summed E-state index contributed by atoms with van der Waals surface area (Å²) in [6, 6.07) is 21.3. The Morgan fingerprint density at radius 2 is 1.59 bits per heavy atom. The number of anilines is 2. The number of carbonyl (C=O) groups excluding carboxylic acids is 1. The summed E-state index contributed by atoms with van der Waals surface area (Å²) in [6.45, 7) is 0. The summed E-state index contributed by atoms with van der Waals surface area (Å²) in [6.07, 6.45) is 0. The topological polar surface area (TPSA) is 50.4 Å². The predicted molar refractivity (Wildman–Crippen MR) is 117 cm³/mol. The number of halogens is 2. The number of amides is 1. The Morgan fingerprint density at radius 1 is 0.926 bits per heavy atom. The Morgan fingerprint density at radius 3 is 2.26 bits per heavy atom. The van der Waals surface area contributed by atoms with E-state index in [1.54, 1.807) is 48.5 Å². The van der Waals surface area contributed by atoms with Gasteiger partial charge in [-0.1, -0.05) is 39.7 Å². The molecule has 0 aliphatic rings. The minimum Gasteiger partial charge on any atom is -0.432 e. The van der Waals surface area contributed by atoms with Crippen molar-refractivity contribution in [3.05, 3.63) is 87.9 Å². The molecule has 0 fully saturated rings. The van der Waals surface area contributed by atoms with E-state index in [0.717, 1.165) is 10.2 Å². The second-order valence-corrected chi connectivity index (χ2v) is 7.17. The maximum Gasteiger partial charge on any atom is 0.266 e. The third-order valence-electron chi connectivity index (χ3n) is 3.54. The number of thiocarbonyl (C=S) groups is 1. The van der Waals surface area contributed by atoms with Crippen molar-refractivity contribution in [2.24, 2.45) is 0 Å². The lowest BCUT2D eigenvalue weighted by Gasteiger charge is -2.10. The molecule has 3 rings (SSSR count). The summed E-state index contributed by atoms with van der Waals surface area (Å²) >= 11 is 14.6. The zero-order valence-electron chi connectivity index (χ0n) is 13.9. The summed E-state index contributed by atoms with van der Waals surface area (Å²) in [7, 11) is 0. The van der Waals surface area contributed by atoms with E-state index in [4.69, 9.17) is 28.6 Å². The molecular formula is C20H14BrClN2O2S. The van der Waals surface area contributed by atoms with Crippen LogP contribution in [0.15, 0.2) is 77.3 Å². The SMILES string of the molecule is O=C(Nc1ccccc1Cl)c1ccc(OC(=S)Nc2ccc(Br)cc2)cc1. The number of hydrogen-bond donors (Lipinski definition) is 2. The molecule has 0 saturated heterocycles. The van der Waals surface area contributed by atoms with Gasteiger partial charge in [-0.3, -0.25) is 4.79 Å². The number of para-hydroxylation sites is 1. The lowest BCUT2D eigenvalue weighted by atomic mass is 10.2. The van der Waals surface area contributed by atoms with Crippen molar-refractivity contribution in [3.63, 3.8) is 0 Å². The van der Waals surface area contributed by atoms with E-state index in [1.165, 1.54) is 0 Å². The highest BCUT2D eigenvalue weighted by Crippen LogP contribution is 2.22. The van der Waals surface area contributed by atoms with Gasteiger partial charge >= 0.3 is 0 Å². The maximum atomic E-state index is 12.3. The van der Waals surface area contributed by atoms with Crippen LogP contribution in [-0.4, -0.2) is 11.1 Å². The monoisotopic (exact) mass is 460 g/mol. The minimum absolute atomic E-state index is 0.214. The molecule has 0 bridgehead atoms. The first-order valence-corrected chi connectivity index (χ1v) is 9.49. The molecule has 1 amide bonds. The van der Waals surface area contributed by atoms with Crippen LogP contribution < -0.4 is 15.4 Å². The number of nitrogens with one attached hydrogen (secondary N) is 2. The molecule has 3 aromatic carbocycles. The summed E-state index contributed by atoms with van der Waals surface area (Å²) in [4.78, 5) is 12.3. The second-order valence-electron chi connectivity index (χ2n) is 5.48. The van der Waals surface area contributed by atoms with Gasteiger partial charge in [0.1, 0.15) is 5.75 Å². The lowest BCUT2D eigenvalue weighted by Crippen LogP contribution is -2.16. The van der Waals surface area contributed by atoms with Crippen LogP contribution in [0.5, 0.6) is 5.75 Å². The second kappa shape index (κ2) is 8.99. The lowest BCUT2D eigenvalue weighted by molar-refractivity contribution is 0.102. The smallest absolute Gasteiger partial charge is 0.266 e. The third kappa shape index (κ3) is 5.53. The molecule has 0 aromatic heterocycles. The highest BCUT2D eigenvalue weighted by Gasteiger charge is 2.09. The van der Waals surface area contributed by atoms with Crippen LogP contribution in [0.3, 0.4) is 0 Å². The fraction of sp³-hybridized carbons (Fsp3) is 0. The van der Waals surface area contributed by atoms with E-state index in [9.17, 15) is 4.79 Å². The van der Waals surface area contributed by atoms with Crippen LogP contribution in [0.2, 0.25) is 5.02 Å². The molecule has 0 unspecified atom stereocenters. The Balaban J connectivity index is 1.59. The van der Waals surface area contributed by atoms with Gasteiger partial charge in [0.15, 0.2) is 0 Å². The van der Waals surface area contributed by atoms with Gasteiger partial charge in [-0.05, 0) is 72.9 Å².